The second-order valence-electron chi connectivity index (χ2n) is 5.86. The van der Waals surface area contributed by atoms with Gasteiger partial charge in [0.15, 0.2) is 0 Å². The number of carbonyl (C=O) groups excluding carboxylic acids is 1. The first-order valence-corrected chi connectivity index (χ1v) is 7.60. The van der Waals surface area contributed by atoms with E-state index >= 15 is 0 Å². The van der Waals surface area contributed by atoms with Crippen molar-refractivity contribution in [2.24, 2.45) is 5.92 Å². The molecule has 0 aliphatic heterocycles. The molecule has 2 N–H and O–H groups in total. The number of hydrogen-bond acceptors (Lipinski definition) is 4. The summed E-state index contributed by atoms with van der Waals surface area (Å²) in [6, 6.07) is 11.3. The summed E-state index contributed by atoms with van der Waals surface area (Å²) in [4.78, 5) is 22.5. The molecule has 2 rings (SSSR count). The van der Waals surface area contributed by atoms with Crippen LogP contribution in [0.3, 0.4) is 0 Å². The molecule has 0 aliphatic rings. The second-order valence-corrected chi connectivity index (χ2v) is 5.86. The predicted molar refractivity (Wildman–Crippen MR) is 92.5 cm³/mol. The van der Waals surface area contributed by atoms with E-state index in [9.17, 15) is 4.79 Å². The minimum atomic E-state index is -0.316. The lowest BCUT2D eigenvalue weighted by molar-refractivity contribution is 0.244. The summed E-state index contributed by atoms with van der Waals surface area (Å²) in [6.07, 6.45) is 1.62. The summed E-state index contributed by atoms with van der Waals surface area (Å²) < 4.78 is 0. The molecular formula is C17H23N5O. The van der Waals surface area contributed by atoms with Gasteiger partial charge in [0.1, 0.15) is 5.82 Å². The van der Waals surface area contributed by atoms with Gasteiger partial charge >= 0.3 is 6.03 Å². The van der Waals surface area contributed by atoms with Crippen LogP contribution in [0.1, 0.15) is 25.5 Å². The molecule has 0 fully saturated rings. The molecule has 23 heavy (non-hydrogen) atoms. The number of carbonyl (C=O) groups is 1. The summed E-state index contributed by atoms with van der Waals surface area (Å²) in [6.45, 7) is 4.14. The van der Waals surface area contributed by atoms with Gasteiger partial charge in [-0.1, -0.05) is 44.2 Å². The van der Waals surface area contributed by atoms with Crippen molar-refractivity contribution in [1.82, 2.24) is 15.3 Å². The second kappa shape index (κ2) is 7.58. The Hall–Kier alpha value is -2.63. The third-order valence-corrected chi connectivity index (χ3v) is 3.44. The van der Waals surface area contributed by atoms with Crippen LogP contribution in [0.2, 0.25) is 0 Å². The van der Waals surface area contributed by atoms with E-state index in [1.807, 2.05) is 49.3 Å². The summed E-state index contributed by atoms with van der Waals surface area (Å²) in [5.41, 5.74) is 1.07. The van der Waals surface area contributed by atoms with Gasteiger partial charge in [0, 0.05) is 20.3 Å². The minimum Gasteiger partial charge on any atom is -0.363 e. The van der Waals surface area contributed by atoms with E-state index in [4.69, 9.17) is 0 Å². The zero-order valence-electron chi connectivity index (χ0n) is 13.9. The third kappa shape index (κ3) is 4.67. The van der Waals surface area contributed by atoms with Crippen molar-refractivity contribution in [3.63, 3.8) is 0 Å². The summed E-state index contributed by atoms with van der Waals surface area (Å²) >= 11 is 0. The molecule has 6 heteroatoms. The molecule has 1 aromatic carbocycles. The van der Waals surface area contributed by atoms with Crippen LogP contribution in [-0.4, -0.2) is 30.1 Å². The van der Waals surface area contributed by atoms with Gasteiger partial charge in [-0.15, -0.1) is 0 Å². The summed E-state index contributed by atoms with van der Waals surface area (Å²) in [7, 11) is 3.77. The quantitative estimate of drug-likeness (QED) is 0.890. The van der Waals surface area contributed by atoms with E-state index in [1.54, 1.807) is 12.3 Å². The van der Waals surface area contributed by atoms with Gasteiger partial charge in [0.05, 0.1) is 6.04 Å². The average Bonchev–Trinajstić information content (AvgIpc) is 2.53. The number of nitrogens with one attached hydrogen (secondary N) is 2. The molecule has 1 aromatic heterocycles. The van der Waals surface area contributed by atoms with E-state index in [-0.39, 0.29) is 23.9 Å². The topological polar surface area (TPSA) is 70.2 Å². The Bertz CT molecular complexity index is 642. The number of rotatable bonds is 5. The molecule has 0 saturated heterocycles. The first-order chi connectivity index (χ1) is 11.0. The highest BCUT2D eigenvalue weighted by molar-refractivity contribution is 5.87. The van der Waals surface area contributed by atoms with Crippen molar-refractivity contribution < 1.29 is 4.79 Å². The van der Waals surface area contributed by atoms with Crippen LogP contribution in [0.25, 0.3) is 0 Å². The van der Waals surface area contributed by atoms with Crippen molar-refractivity contribution in [2.45, 2.75) is 19.9 Å². The lowest BCUT2D eigenvalue weighted by Crippen LogP contribution is -2.35. The predicted octanol–water partition coefficient (Wildman–Crippen LogP) is 3.06. The number of nitrogens with zero attached hydrogens (tertiary/aromatic N) is 3. The Morgan fingerprint density at radius 2 is 1.83 bits per heavy atom. The molecule has 1 heterocycles. The molecular weight excluding hydrogens is 290 g/mol. The molecule has 6 nitrogen and oxygen atoms in total. The lowest BCUT2D eigenvalue weighted by Gasteiger charge is -2.23. The first-order valence-electron chi connectivity index (χ1n) is 7.60. The van der Waals surface area contributed by atoms with Gasteiger partial charge in [-0.25, -0.2) is 9.78 Å². The highest BCUT2D eigenvalue weighted by Gasteiger charge is 2.18. The molecule has 0 bridgehead atoms. The van der Waals surface area contributed by atoms with Crippen LogP contribution in [0.15, 0.2) is 42.6 Å². The maximum absolute atomic E-state index is 12.3. The SMILES string of the molecule is CC(C)[C@@H](NC(=O)Nc1nccc(N(C)C)n1)c1ccccc1. The Labute approximate surface area is 137 Å². The normalized spacial score (nSPS) is 11.9. The maximum atomic E-state index is 12.3. The van der Waals surface area contributed by atoms with Crippen LogP contribution in [-0.2, 0) is 0 Å². The number of benzene rings is 1. The molecule has 122 valence electrons. The van der Waals surface area contributed by atoms with Crippen LogP contribution >= 0.6 is 0 Å². The van der Waals surface area contributed by atoms with Crippen molar-refractivity contribution >= 4 is 17.8 Å². The van der Waals surface area contributed by atoms with Gasteiger partial charge < -0.3 is 10.2 Å². The number of hydrogen-bond donors (Lipinski definition) is 2. The van der Waals surface area contributed by atoms with Crippen molar-refractivity contribution in [1.29, 1.82) is 0 Å². The molecule has 1 atom stereocenters. The largest absolute Gasteiger partial charge is 0.363 e. The highest BCUT2D eigenvalue weighted by Crippen LogP contribution is 2.21. The molecule has 0 aliphatic carbocycles. The van der Waals surface area contributed by atoms with Crippen LogP contribution < -0.4 is 15.5 Å². The van der Waals surface area contributed by atoms with Crippen molar-refractivity contribution in [3.05, 3.63) is 48.2 Å². The molecule has 2 aromatic rings. The number of urea groups is 1. The Morgan fingerprint density at radius 3 is 2.43 bits per heavy atom. The van der Waals surface area contributed by atoms with Gasteiger partial charge in [0.25, 0.3) is 0 Å². The average molecular weight is 313 g/mol. The Balaban J connectivity index is 2.07. The van der Waals surface area contributed by atoms with Gasteiger partial charge in [0.2, 0.25) is 5.95 Å². The fraction of sp³-hybridized carbons (Fsp3) is 0.353. The molecule has 0 unspecified atom stereocenters. The zero-order valence-corrected chi connectivity index (χ0v) is 13.9. The van der Waals surface area contributed by atoms with E-state index in [1.165, 1.54) is 0 Å². The monoisotopic (exact) mass is 313 g/mol. The van der Waals surface area contributed by atoms with Crippen LogP contribution in [0.4, 0.5) is 16.6 Å². The van der Waals surface area contributed by atoms with Crippen LogP contribution in [0, 0.1) is 5.92 Å². The maximum Gasteiger partial charge on any atom is 0.322 e. The minimum absolute atomic E-state index is 0.0757. The first kappa shape index (κ1) is 16.7. The molecule has 0 saturated carbocycles. The van der Waals surface area contributed by atoms with Gasteiger partial charge in [-0.2, -0.15) is 4.98 Å². The van der Waals surface area contributed by atoms with Gasteiger partial charge in [-0.3, -0.25) is 5.32 Å². The number of amides is 2. The standard InChI is InChI=1S/C17H23N5O/c1-12(2)15(13-8-6-5-7-9-13)20-17(23)21-16-18-11-10-14(19-16)22(3)4/h5-12,15H,1-4H3,(H2,18,19,20,21,23)/t15-/m1/s1. The summed E-state index contributed by atoms with van der Waals surface area (Å²) in [5.74, 6) is 1.28. The Morgan fingerprint density at radius 1 is 1.13 bits per heavy atom. The molecule has 0 radical (unpaired) electrons. The van der Waals surface area contributed by atoms with Crippen molar-refractivity contribution in [3.8, 4) is 0 Å². The van der Waals surface area contributed by atoms with E-state index in [2.05, 4.69) is 34.4 Å². The highest BCUT2D eigenvalue weighted by atomic mass is 16.2. The molecule has 2 amide bonds. The third-order valence-electron chi connectivity index (χ3n) is 3.44. The fourth-order valence-electron chi connectivity index (χ4n) is 2.23. The van der Waals surface area contributed by atoms with Crippen LogP contribution in [0.5, 0.6) is 0 Å². The number of aromatic nitrogens is 2. The van der Waals surface area contributed by atoms with Gasteiger partial charge in [-0.05, 0) is 17.5 Å². The summed E-state index contributed by atoms with van der Waals surface area (Å²) in [5, 5.41) is 5.68. The number of anilines is 2. The zero-order chi connectivity index (χ0) is 16.8. The van der Waals surface area contributed by atoms with E-state index in [0.29, 0.717) is 0 Å². The van der Waals surface area contributed by atoms with E-state index < -0.39 is 0 Å². The van der Waals surface area contributed by atoms with E-state index in [0.717, 1.165) is 11.4 Å². The Kier molecular flexibility index (Phi) is 5.51. The fourth-order valence-corrected chi connectivity index (χ4v) is 2.23. The smallest absolute Gasteiger partial charge is 0.322 e. The molecule has 0 spiro atoms. The lowest BCUT2D eigenvalue weighted by atomic mass is 9.96. The van der Waals surface area contributed by atoms with Crippen molar-refractivity contribution in [2.75, 3.05) is 24.3 Å².